The molecule has 0 aromatic carbocycles. The highest BCUT2D eigenvalue weighted by molar-refractivity contribution is 5.67. The van der Waals surface area contributed by atoms with E-state index >= 15 is 0 Å². The average Bonchev–Trinajstić information content (AvgIpc) is 3.40. The number of methoxy groups -OCH3 is 3. The molecule has 8 nitrogen and oxygen atoms in total. The normalized spacial score (nSPS) is 58.6. The molecule has 7 aliphatic rings. The van der Waals surface area contributed by atoms with Crippen molar-refractivity contribution < 1.29 is 33.2 Å². The Hall–Kier alpha value is -0.770. The van der Waals surface area contributed by atoms with Crippen molar-refractivity contribution >= 4 is 5.97 Å². The Kier molecular flexibility index (Phi) is 4.73. The summed E-state index contributed by atoms with van der Waals surface area (Å²) in [5.41, 5.74) is -1.53. The first-order valence-corrected chi connectivity index (χ1v) is 13.2. The fraction of sp³-hybridized carbons (Fsp3) is 0.962. The van der Waals surface area contributed by atoms with Crippen LogP contribution in [0.1, 0.15) is 39.5 Å². The van der Waals surface area contributed by atoms with Crippen LogP contribution >= 0.6 is 0 Å². The number of hydrogen-bond donors (Lipinski definition) is 0. The molecule has 8 heteroatoms. The molecule has 7 bridgehead atoms. The first-order chi connectivity index (χ1) is 16.5. The third-order valence-corrected chi connectivity index (χ3v) is 11.6. The topological polar surface area (TPSA) is 75.7 Å². The minimum Gasteiger partial charge on any atom is -0.459 e. The maximum Gasteiger partial charge on any atom is 0.303 e. The summed E-state index contributed by atoms with van der Waals surface area (Å²) in [6.07, 6.45) is 3.72. The van der Waals surface area contributed by atoms with Crippen molar-refractivity contribution in [1.29, 1.82) is 0 Å². The lowest BCUT2D eigenvalue weighted by atomic mass is 9.45. The highest BCUT2D eigenvalue weighted by atomic mass is 16.7. The molecule has 5 aliphatic carbocycles. The Morgan fingerprint density at radius 1 is 1.09 bits per heavy atom. The van der Waals surface area contributed by atoms with Gasteiger partial charge in [0.25, 0.3) is 0 Å². The van der Waals surface area contributed by atoms with Crippen LogP contribution < -0.4 is 0 Å². The van der Waals surface area contributed by atoms with Crippen LogP contribution in [0.4, 0.5) is 0 Å². The third kappa shape index (κ3) is 2.11. The van der Waals surface area contributed by atoms with Crippen LogP contribution in [0, 0.1) is 35.0 Å². The predicted octanol–water partition coefficient (Wildman–Crippen LogP) is 1.84. The largest absolute Gasteiger partial charge is 0.459 e. The van der Waals surface area contributed by atoms with Gasteiger partial charge < -0.3 is 28.4 Å². The summed E-state index contributed by atoms with van der Waals surface area (Å²) in [6, 6.07) is 0.0801. The minimum atomic E-state index is -0.751. The summed E-state index contributed by atoms with van der Waals surface area (Å²) >= 11 is 0. The molecule has 34 heavy (non-hydrogen) atoms. The second-order valence-electron chi connectivity index (χ2n) is 11.9. The van der Waals surface area contributed by atoms with Gasteiger partial charge >= 0.3 is 5.97 Å². The molecule has 0 radical (unpaired) electrons. The van der Waals surface area contributed by atoms with Crippen LogP contribution in [0.5, 0.6) is 0 Å². The van der Waals surface area contributed by atoms with Gasteiger partial charge in [-0.3, -0.25) is 9.69 Å². The third-order valence-electron chi connectivity index (χ3n) is 11.6. The van der Waals surface area contributed by atoms with E-state index in [1.165, 1.54) is 6.92 Å². The van der Waals surface area contributed by atoms with Gasteiger partial charge in [0, 0.05) is 64.4 Å². The number of piperidine rings is 1. The Morgan fingerprint density at radius 2 is 1.91 bits per heavy atom. The number of nitrogens with zero attached hydrogens (tertiary/aromatic N) is 1. The van der Waals surface area contributed by atoms with Crippen LogP contribution in [0.15, 0.2) is 0 Å². The first kappa shape index (κ1) is 22.4. The standard InChI is InChI=1S/C26H39NO7/c1-6-27-11-14-7-8-18(30-4)25-16-9-15-17(29-3)10-24(20(16)21(15)31-5)26(23(25)27,33-12-32-24)22(19(14)25)34-13(2)28/h14-23H,6-12H2,1-5H3. The van der Waals surface area contributed by atoms with Crippen LogP contribution in [0.25, 0.3) is 0 Å². The second-order valence-corrected chi connectivity index (χ2v) is 11.9. The fourth-order valence-corrected chi connectivity index (χ4v) is 11.3. The summed E-state index contributed by atoms with van der Waals surface area (Å²) in [7, 11) is 5.52. The summed E-state index contributed by atoms with van der Waals surface area (Å²) in [5, 5.41) is 0. The van der Waals surface area contributed by atoms with Crippen LogP contribution in [0.3, 0.4) is 0 Å². The number of carbonyl (C=O) groups excluding carboxylic acids is 1. The molecule has 2 aliphatic heterocycles. The molecule has 5 saturated carbocycles. The summed E-state index contributed by atoms with van der Waals surface area (Å²) in [5.74, 6) is 1.25. The first-order valence-electron chi connectivity index (χ1n) is 13.2. The van der Waals surface area contributed by atoms with Crippen molar-refractivity contribution in [2.24, 2.45) is 35.0 Å². The Labute approximate surface area is 201 Å². The van der Waals surface area contributed by atoms with E-state index in [0.29, 0.717) is 17.8 Å². The van der Waals surface area contributed by atoms with E-state index < -0.39 is 11.2 Å². The van der Waals surface area contributed by atoms with Gasteiger partial charge in [0.15, 0.2) is 5.60 Å². The van der Waals surface area contributed by atoms with Crippen molar-refractivity contribution in [2.75, 3.05) is 41.2 Å². The van der Waals surface area contributed by atoms with Gasteiger partial charge in [0.2, 0.25) is 0 Å². The fourth-order valence-electron chi connectivity index (χ4n) is 11.3. The predicted molar refractivity (Wildman–Crippen MR) is 120 cm³/mol. The SMILES string of the molecule is CCN1CC2CCC(OC)C34C5CC6C(OC)CC7(OCOC7(C(OC(C)=O)C23)C14)C5C6OC. The minimum absolute atomic E-state index is 0.0221. The Balaban J connectivity index is 1.55. The van der Waals surface area contributed by atoms with E-state index in [0.717, 1.165) is 38.8 Å². The zero-order valence-electron chi connectivity index (χ0n) is 21.0. The summed E-state index contributed by atoms with van der Waals surface area (Å²) in [6.45, 7) is 5.96. The summed E-state index contributed by atoms with van der Waals surface area (Å²) in [4.78, 5) is 15.3. The highest BCUT2D eigenvalue weighted by Gasteiger charge is 2.93. The molecule has 0 aromatic heterocycles. The quantitative estimate of drug-likeness (QED) is 0.556. The number of esters is 1. The number of likely N-dealkylation sites (tertiary alicyclic amines) is 1. The van der Waals surface area contributed by atoms with Gasteiger partial charge in [-0.2, -0.15) is 0 Å². The van der Waals surface area contributed by atoms with Gasteiger partial charge in [-0.15, -0.1) is 0 Å². The van der Waals surface area contributed by atoms with E-state index in [4.69, 9.17) is 28.4 Å². The number of likely N-dealkylation sites (N-methyl/N-ethyl adjacent to an activating group) is 1. The van der Waals surface area contributed by atoms with Crippen molar-refractivity contribution in [2.45, 2.75) is 81.2 Å². The molecular weight excluding hydrogens is 438 g/mol. The molecule has 2 saturated heterocycles. The van der Waals surface area contributed by atoms with E-state index in [1.807, 2.05) is 21.3 Å². The van der Waals surface area contributed by atoms with Crippen LogP contribution in [-0.4, -0.2) is 93.7 Å². The molecule has 7 fully saturated rings. The number of carbonyl (C=O) groups is 1. The Morgan fingerprint density at radius 3 is 2.59 bits per heavy atom. The molecule has 13 unspecified atom stereocenters. The molecule has 3 spiro atoms. The molecule has 7 rings (SSSR count). The number of rotatable bonds is 5. The number of fused-ring (bicyclic) bond motifs is 1. The van der Waals surface area contributed by atoms with E-state index in [9.17, 15) is 4.79 Å². The molecule has 0 N–H and O–H groups in total. The zero-order chi connectivity index (χ0) is 23.6. The lowest BCUT2D eigenvalue weighted by Gasteiger charge is -2.67. The Bertz CT molecular complexity index is 885. The molecule has 0 amide bonds. The van der Waals surface area contributed by atoms with Crippen LogP contribution in [-0.2, 0) is 33.2 Å². The monoisotopic (exact) mass is 477 g/mol. The van der Waals surface area contributed by atoms with E-state index in [-0.39, 0.29) is 60.5 Å². The molecule has 13 atom stereocenters. The smallest absolute Gasteiger partial charge is 0.303 e. The zero-order valence-corrected chi connectivity index (χ0v) is 21.0. The van der Waals surface area contributed by atoms with Crippen molar-refractivity contribution in [1.82, 2.24) is 4.90 Å². The molecule has 0 aromatic rings. The molecule has 190 valence electrons. The molecule has 2 heterocycles. The maximum absolute atomic E-state index is 12.7. The average molecular weight is 478 g/mol. The van der Waals surface area contributed by atoms with Crippen molar-refractivity contribution in [3.05, 3.63) is 0 Å². The van der Waals surface area contributed by atoms with E-state index in [1.54, 1.807) is 0 Å². The second kappa shape index (κ2) is 7.17. The van der Waals surface area contributed by atoms with Gasteiger partial charge in [-0.1, -0.05) is 6.92 Å². The number of ether oxygens (including phenoxy) is 6. The van der Waals surface area contributed by atoms with Gasteiger partial charge in [-0.25, -0.2) is 0 Å². The lowest BCUT2D eigenvalue weighted by Crippen LogP contribution is -2.80. The van der Waals surface area contributed by atoms with Gasteiger partial charge in [0.05, 0.1) is 24.4 Å². The molecular formula is C26H39NO7. The van der Waals surface area contributed by atoms with Gasteiger partial charge in [0.1, 0.15) is 18.5 Å². The van der Waals surface area contributed by atoms with E-state index in [2.05, 4.69) is 11.8 Å². The van der Waals surface area contributed by atoms with Crippen molar-refractivity contribution in [3.63, 3.8) is 0 Å². The van der Waals surface area contributed by atoms with Crippen molar-refractivity contribution in [3.8, 4) is 0 Å². The van der Waals surface area contributed by atoms with Crippen LogP contribution in [0.2, 0.25) is 0 Å². The highest BCUT2D eigenvalue weighted by Crippen LogP contribution is 2.81. The maximum atomic E-state index is 12.7. The number of hydrogen-bond acceptors (Lipinski definition) is 8. The van der Waals surface area contributed by atoms with Gasteiger partial charge in [-0.05, 0) is 37.6 Å². The lowest BCUT2D eigenvalue weighted by molar-refractivity contribution is -0.275. The summed E-state index contributed by atoms with van der Waals surface area (Å²) < 4.78 is 38.9.